The van der Waals surface area contributed by atoms with Crippen molar-refractivity contribution >= 4 is 17.7 Å². The van der Waals surface area contributed by atoms with E-state index in [0.29, 0.717) is 25.8 Å². The van der Waals surface area contributed by atoms with Crippen LogP contribution in [0, 0.1) is 17.8 Å². The summed E-state index contributed by atoms with van der Waals surface area (Å²) in [6, 6.07) is -1.45. The van der Waals surface area contributed by atoms with Gasteiger partial charge in [0.1, 0.15) is 11.6 Å². The summed E-state index contributed by atoms with van der Waals surface area (Å²) in [4.78, 5) is 42.0. The molecule has 176 valence electrons. The van der Waals surface area contributed by atoms with E-state index in [9.17, 15) is 19.5 Å². The van der Waals surface area contributed by atoms with Crippen LogP contribution in [0.3, 0.4) is 0 Å². The molecule has 3 aliphatic rings. The van der Waals surface area contributed by atoms with Crippen molar-refractivity contribution in [1.29, 1.82) is 0 Å². The Bertz CT molecular complexity index is 726. The highest BCUT2D eigenvalue weighted by atomic mass is 16.5. The average molecular weight is 438 g/mol. The largest absolute Gasteiger partial charge is 0.394 e. The highest BCUT2D eigenvalue weighted by Gasteiger charge is 2.78. The summed E-state index contributed by atoms with van der Waals surface area (Å²) >= 11 is 0. The first-order valence-corrected chi connectivity index (χ1v) is 11.7. The molecule has 0 saturated carbocycles. The maximum Gasteiger partial charge on any atom is 0.246 e. The Hall–Kier alpha value is -1.67. The fourth-order valence-corrected chi connectivity index (χ4v) is 6.00. The zero-order valence-corrected chi connectivity index (χ0v) is 19.7. The first kappa shape index (κ1) is 24.0. The number of nitrogens with one attached hydrogen (secondary N) is 2. The molecule has 8 nitrogen and oxygen atoms in total. The lowest BCUT2D eigenvalue weighted by molar-refractivity contribution is -0.150. The van der Waals surface area contributed by atoms with E-state index in [2.05, 4.69) is 10.6 Å². The van der Waals surface area contributed by atoms with Crippen molar-refractivity contribution < 1.29 is 24.2 Å². The van der Waals surface area contributed by atoms with E-state index in [-0.39, 0.29) is 36.3 Å². The Labute approximate surface area is 185 Å². The number of aliphatic hydroxyl groups excluding tert-OH is 1. The number of aliphatic hydroxyl groups is 1. The third-order valence-electron chi connectivity index (χ3n) is 7.07. The van der Waals surface area contributed by atoms with Gasteiger partial charge in [0.05, 0.1) is 30.1 Å². The van der Waals surface area contributed by atoms with Gasteiger partial charge in [-0.2, -0.15) is 0 Å². The molecule has 0 aliphatic carbocycles. The molecule has 8 heteroatoms. The summed E-state index contributed by atoms with van der Waals surface area (Å²) in [5, 5.41) is 16.1. The standard InChI is InChI=1S/C23H39N3O5/c1-7-10-24-19(28)16-17-21(30)26(15(12-27)11-13(2)3)18(20(29)25-14(4)5)23(17)9-8-22(16,6)31-23/h13-18,27H,7-12H2,1-6H3,(H,24,28)(H,25,29)/t15-,16-,17+,18?,22+,23?/m1/s1. The number of hydrogen-bond acceptors (Lipinski definition) is 5. The van der Waals surface area contributed by atoms with Crippen LogP contribution in [0.15, 0.2) is 0 Å². The summed E-state index contributed by atoms with van der Waals surface area (Å²) in [6.45, 7) is 12.0. The second-order valence-corrected chi connectivity index (χ2v) is 10.4. The molecule has 2 unspecified atom stereocenters. The lowest BCUT2D eigenvalue weighted by atomic mass is 9.66. The lowest BCUT2D eigenvalue weighted by Gasteiger charge is -2.38. The first-order valence-electron chi connectivity index (χ1n) is 11.7. The van der Waals surface area contributed by atoms with Crippen molar-refractivity contribution in [2.24, 2.45) is 17.8 Å². The number of amides is 3. The smallest absolute Gasteiger partial charge is 0.246 e. The minimum Gasteiger partial charge on any atom is -0.394 e. The third kappa shape index (κ3) is 3.86. The molecular weight excluding hydrogens is 398 g/mol. The summed E-state index contributed by atoms with van der Waals surface area (Å²) in [5.41, 5.74) is -1.81. The van der Waals surface area contributed by atoms with Crippen LogP contribution in [0.25, 0.3) is 0 Å². The summed E-state index contributed by atoms with van der Waals surface area (Å²) in [5.74, 6) is -1.82. The van der Waals surface area contributed by atoms with E-state index in [1.165, 1.54) is 0 Å². The molecule has 3 fully saturated rings. The molecule has 0 aromatic rings. The van der Waals surface area contributed by atoms with Crippen LogP contribution >= 0.6 is 0 Å². The molecule has 0 aromatic carbocycles. The topological polar surface area (TPSA) is 108 Å². The van der Waals surface area contributed by atoms with Crippen molar-refractivity contribution in [3.63, 3.8) is 0 Å². The molecule has 3 heterocycles. The SMILES string of the molecule is CCCNC(=O)[C@H]1[C@H]2C(=O)N([C@@H](CO)CC(C)C)C(C(=O)NC(C)C)C23CC[C@]1(C)O3. The quantitative estimate of drug-likeness (QED) is 0.503. The van der Waals surface area contributed by atoms with Crippen LogP contribution in [-0.4, -0.2) is 70.2 Å². The minimum atomic E-state index is -1.04. The zero-order chi connectivity index (χ0) is 23.1. The predicted octanol–water partition coefficient (Wildman–Crippen LogP) is 1.21. The normalized spacial score (nSPS) is 35.1. The van der Waals surface area contributed by atoms with E-state index in [0.717, 1.165) is 6.42 Å². The van der Waals surface area contributed by atoms with Gasteiger partial charge >= 0.3 is 0 Å². The van der Waals surface area contributed by atoms with E-state index < -0.39 is 35.1 Å². The van der Waals surface area contributed by atoms with Crippen molar-refractivity contribution in [2.45, 2.75) is 96.6 Å². The molecule has 3 amide bonds. The highest BCUT2D eigenvalue weighted by molar-refractivity contribution is 5.99. The van der Waals surface area contributed by atoms with Gasteiger partial charge in [0, 0.05) is 12.6 Å². The van der Waals surface area contributed by atoms with Crippen molar-refractivity contribution in [2.75, 3.05) is 13.2 Å². The molecule has 3 aliphatic heterocycles. The van der Waals surface area contributed by atoms with Gasteiger partial charge in [0.15, 0.2) is 0 Å². The number of carbonyl (C=O) groups is 3. The fraction of sp³-hybridized carbons (Fsp3) is 0.870. The second-order valence-electron chi connectivity index (χ2n) is 10.4. The number of hydrogen-bond donors (Lipinski definition) is 3. The van der Waals surface area contributed by atoms with E-state index in [1.807, 2.05) is 41.5 Å². The number of fused-ring (bicyclic) bond motifs is 1. The van der Waals surface area contributed by atoms with Crippen LogP contribution in [0.1, 0.15) is 67.2 Å². The van der Waals surface area contributed by atoms with Crippen LogP contribution in [0.2, 0.25) is 0 Å². The zero-order valence-electron chi connectivity index (χ0n) is 19.7. The Morgan fingerprint density at radius 3 is 2.45 bits per heavy atom. The Morgan fingerprint density at radius 2 is 1.90 bits per heavy atom. The van der Waals surface area contributed by atoms with Crippen molar-refractivity contribution in [3.05, 3.63) is 0 Å². The summed E-state index contributed by atoms with van der Waals surface area (Å²) in [6.07, 6.45) is 2.53. The molecule has 3 N–H and O–H groups in total. The van der Waals surface area contributed by atoms with Gasteiger partial charge in [-0.25, -0.2) is 0 Å². The second kappa shape index (κ2) is 8.70. The molecule has 3 saturated heterocycles. The highest BCUT2D eigenvalue weighted by Crippen LogP contribution is 2.63. The van der Waals surface area contributed by atoms with Gasteiger partial charge in [-0.15, -0.1) is 0 Å². The number of likely N-dealkylation sites (tertiary alicyclic amines) is 1. The molecule has 31 heavy (non-hydrogen) atoms. The van der Waals surface area contributed by atoms with Crippen LogP contribution < -0.4 is 10.6 Å². The van der Waals surface area contributed by atoms with E-state index in [1.54, 1.807) is 4.90 Å². The van der Waals surface area contributed by atoms with Gasteiger partial charge in [0.2, 0.25) is 17.7 Å². The third-order valence-corrected chi connectivity index (χ3v) is 7.07. The van der Waals surface area contributed by atoms with Crippen LogP contribution in [-0.2, 0) is 19.1 Å². The predicted molar refractivity (Wildman–Crippen MR) is 116 cm³/mol. The molecule has 1 spiro atoms. The van der Waals surface area contributed by atoms with Crippen molar-refractivity contribution in [3.8, 4) is 0 Å². The molecule has 0 aromatic heterocycles. The molecule has 2 bridgehead atoms. The molecular formula is C23H39N3O5. The maximum atomic E-state index is 13.9. The number of nitrogens with zero attached hydrogens (tertiary/aromatic N) is 1. The van der Waals surface area contributed by atoms with Gasteiger partial charge < -0.3 is 25.4 Å². The van der Waals surface area contributed by atoms with Gasteiger partial charge in [-0.3, -0.25) is 14.4 Å². The number of ether oxygens (including phenoxy) is 1. The average Bonchev–Trinajstić information content (AvgIpc) is 3.24. The van der Waals surface area contributed by atoms with Gasteiger partial charge in [0.25, 0.3) is 0 Å². The van der Waals surface area contributed by atoms with Crippen LogP contribution in [0.5, 0.6) is 0 Å². The Morgan fingerprint density at radius 1 is 1.23 bits per heavy atom. The number of carbonyl (C=O) groups excluding carboxylic acids is 3. The van der Waals surface area contributed by atoms with E-state index >= 15 is 0 Å². The van der Waals surface area contributed by atoms with Crippen molar-refractivity contribution in [1.82, 2.24) is 15.5 Å². The summed E-state index contributed by atoms with van der Waals surface area (Å²) in [7, 11) is 0. The molecule has 3 rings (SSSR count). The van der Waals surface area contributed by atoms with Gasteiger partial charge in [-0.1, -0.05) is 20.8 Å². The maximum absolute atomic E-state index is 13.9. The molecule has 0 radical (unpaired) electrons. The summed E-state index contributed by atoms with van der Waals surface area (Å²) < 4.78 is 6.53. The Balaban J connectivity index is 2.06. The monoisotopic (exact) mass is 437 g/mol. The van der Waals surface area contributed by atoms with E-state index in [4.69, 9.17) is 4.74 Å². The van der Waals surface area contributed by atoms with Gasteiger partial charge in [-0.05, 0) is 52.4 Å². The first-order chi connectivity index (χ1) is 14.5. The fourth-order valence-electron chi connectivity index (χ4n) is 6.00. The Kier molecular flexibility index (Phi) is 6.73. The minimum absolute atomic E-state index is 0.101. The number of rotatable bonds is 9. The molecule has 6 atom stereocenters. The lowest BCUT2D eigenvalue weighted by Crippen LogP contribution is -2.59. The van der Waals surface area contributed by atoms with Crippen LogP contribution in [0.4, 0.5) is 0 Å².